The molecular weight excluding hydrogens is 394 g/mol. The van der Waals surface area contributed by atoms with Crippen molar-refractivity contribution in [3.8, 4) is 0 Å². The van der Waals surface area contributed by atoms with Gasteiger partial charge in [0.1, 0.15) is 18.3 Å². The summed E-state index contributed by atoms with van der Waals surface area (Å²) in [5, 5.41) is 2.76. The van der Waals surface area contributed by atoms with Crippen molar-refractivity contribution in [3.05, 3.63) is 35.9 Å². The highest BCUT2D eigenvalue weighted by molar-refractivity contribution is 5.84. The van der Waals surface area contributed by atoms with E-state index in [-0.39, 0.29) is 13.0 Å². The molecule has 2 fully saturated rings. The highest BCUT2D eigenvalue weighted by Gasteiger charge is 2.59. The van der Waals surface area contributed by atoms with Crippen LogP contribution < -0.4 is 5.32 Å². The van der Waals surface area contributed by atoms with Crippen LogP contribution in [-0.4, -0.2) is 61.3 Å². The molecule has 164 valence electrons. The minimum Gasteiger partial charge on any atom is -0.469 e. The maximum Gasteiger partial charge on any atom is 0.308 e. The van der Waals surface area contributed by atoms with Crippen LogP contribution in [0.3, 0.4) is 0 Å². The van der Waals surface area contributed by atoms with Crippen LogP contribution in [0.1, 0.15) is 32.8 Å². The number of hydrogen-bond donors (Lipinski definition) is 1. The van der Waals surface area contributed by atoms with Crippen molar-refractivity contribution in [2.45, 2.75) is 70.0 Å². The molecule has 2 aliphatic rings. The molecule has 5 atom stereocenters. The molecule has 0 spiro atoms. The van der Waals surface area contributed by atoms with Crippen LogP contribution in [0, 0.1) is 0 Å². The number of carbonyl (C=O) groups excluding carboxylic acids is 3. The Hall–Kier alpha value is -2.49. The third-order valence-electron chi connectivity index (χ3n) is 4.94. The van der Waals surface area contributed by atoms with Crippen LogP contribution in [0.25, 0.3) is 0 Å². The molecule has 30 heavy (non-hydrogen) atoms. The van der Waals surface area contributed by atoms with Crippen LogP contribution >= 0.6 is 0 Å². The van der Waals surface area contributed by atoms with Crippen molar-refractivity contribution in [2.24, 2.45) is 0 Å². The van der Waals surface area contributed by atoms with Gasteiger partial charge in [0.05, 0.1) is 19.6 Å². The number of benzene rings is 1. The number of ether oxygens (including phenoxy) is 5. The van der Waals surface area contributed by atoms with Crippen LogP contribution in [0.15, 0.2) is 30.3 Å². The van der Waals surface area contributed by atoms with Crippen LogP contribution in [0.4, 0.5) is 0 Å². The molecule has 1 aromatic carbocycles. The Labute approximate surface area is 174 Å². The molecule has 1 aromatic rings. The Kier molecular flexibility index (Phi) is 6.74. The van der Waals surface area contributed by atoms with Gasteiger partial charge in [-0.3, -0.25) is 14.4 Å². The lowest BCUT2D eigenvalue weighted by molar-refractivity contribution is -0.204. The maximum absolute atomic E-state index is 12.9. The number of nitrogens with one attached hydrogen (secondary N) is 1. The normalized spacial score (nSPS) is 27.7. The molecular formula is C21H27NO8. The Morgan fingerprint density at radius 1 is 1.13 bits per heavy atom. The average molecular weight is 421 g/mol. The number of hydrogen-bond acceptors (Lipinski definition) is 8. The number of fused-ring (bicyclic) bond motifs is 1. The fourth-order valence-electron chi connectivity index (χ4n) is 3.71. The molecule has 1 amide bonds. The lowest BCUT2D eigenvalue weighted by Gasteiger charge is -2.28. The zero-order chi connectivity index (χ0) is 21.9. The fraction of sp³-hybridized carbons (Fsp3) is 0.571. The first-order chi connectivity index (χ1) is 14.2. The van der Waals surface area contributed by atoms with Gasteiger partial charge in [0.25, 0.3) is 5.91 Å². The summed E-state index contributed by atoms with van der Waals surface area (Å²) < 4.78 is 27.8. The quantitative estimate of drug-likeness (QED) is 0.652. The Bertz CT molecular complexity index is 780. The van der Waals surface area contributed by atoms with E-state index in [0.29, 0.717) is 0 Å². The highest BCUT2D eigenvalue weighted by atomic mass is 16.8. The monoisotopic (exact) mass is 421 g/mol. The van der Waals surface area contributed by atoms with Crippen molar-refractivity contribution in [2.75, 3.05) is 7.11 Å². The zero-order valence-corrected chi connectivity index (χ0v) is 17.5. The predicted molar refractivity (Wildman–Crippen MR) is 103 cm³/mol. The molecule has 0 bridgehead atoms. The van der Waals surface area contributed by atoms with Crippen molar-refractivity contribution in [3.63, 3.8) is 0 Å². The van der Waals surface area contributed by atoms with Crippen LogP contribution in [-0.2, 0) is 44.6 Å². The molecule has 1 unspecified atom stereocenters. The van der Waals surface area contributed by atoms with Crippen LogP contribution in [0.2, 0.25) is 0 Å². The standard InChI is InChI=1S/C21H27NO8/c1-12(23)27-19(20(25)22-11-13-8-6-5-7-9-13)17-18-16(29-21(2,3)30-18)14(28-17)10-15(24)26-4/h5-9,14,16-19H,10-11H2,1-4H3,(H,22,25)/t14-,16-,17-,18-,19?/m0/s1. The molecule has 3 rings (SSSR count). The first-order valence-corrected chi connectivity index (χ1v) is 9.77. The van der Waals surface area contributed by atoms with E-state index in [0.717, 1.165) is 5.56 Å². The van der Waals surface area contributed by atoms with Crippen molar-refractivity contribution < 1.29 is 38.1 Å². The summed E-state index contributed by atoms with van der Waals surface area (Å²) in [5.41, 5.74) is 0.891. The Morgan fingerprint density at radius 3 is 2.43 bits per heavy atom. The van der Waals surface area contributed by atoms with Gasteiger partial charge in [0.2, 0.25) is 6.10 Å². The molecule has 0 aliphatic carbocycles. The summed E-state index contributed by atoms with van der Waals surface area (Å²) in [5.74, 6) is -2.58. The lowest BCUT2D eigenvalue weighted by atomic mass is 10.0. The minimum atomic E-state index is -1.26. The van der Waals surface area contributed by atoms with Gasteiger partial charge in [-0.15, -0.1) is 0 Å². The van der Waals surface area contributed by atoms with Gasteiger partial charge in [-0.2, -0.15) is 0 Å². The van der Waals surface area contributed by atoms with Crippen molar-refractivity contribution in [1.29, 1.82) is 0 Å². The van der Waals surface area contributed by atoms with E-state index < -0.39 is 54.2 Å². The third kappa shape index (κ3) is 5.16. The van der Waals surface area contributed by atoms with Gasteiger partial charge in [0, 0.05) is 13.5 Å². The van der Waals surface area contributed by atoms with Gasteiger partial charge in [0.15, 0.2) is 5.79 Å². The Morgan fingerprint density at radius 2 is 1.80 bits per heavy atom. The molecule has 0 radical (unpaired) electrons. The predicted octanol–water partition coefficient (Wildman–Crippen LogP) is 1.09. The van der Waals surface area contributed by atoms with E-state index in [1.807, 2.05) is 30.3 Å². The second-order valence-electron chi connectivity index (χ2n) is 7.72. The van der Waals surface area contributed by atoms with E-state index in [1.165, 1.54) is 14.0 Å². The van der Waals surface area contributed by atoms with E-state index in [4.69, 9.17) is 23.7 Å². The molecule has 9 heteroatoms. The smallest absolute Gasteiger partial charge is 0.308 e. The molecule has 2 saturated heterocycles. The van der Waals surface area contributed by atoms with E-state index >= 15 is 0 Å². The Balaban J connectivity index is 1.78. The number of carbonyl (C=O) groups is 3. The summed E-state index contributed by atoms with van der Waals surface area (Å²) >= 11 is 0. The fourth-order valence-corrected chi connectivity index (χ4v) is 3.71. The average Bonchev–Trinajstić information content (AvgIpc) is 3.18. The summed E-state index contributed by atoms with van der Waals surface area (Å²) in [6, 6.07) is 9.33. The molecule has 2 heterocycles. The first-order valence-electron chi connectivity index (χ1n) is 9.77. The van der Waals surface area contributed by atoms with Gasteiger partial charge >= 0.3 is 11.9 Å². The van der Waals surface area contributed by atoms with Crippen molar-refractivity contribution >= 4 is 17.8 Å². The lowest BCUT2D eigenvalue weighted by Crippen LogP contribution is -2.49. The minimum absolute atomic E-state index is 0.0773. The highest BCUT2D eigenvalue weighted by Crippen LogP contribution is 2.41. The zero-order valence-electron chi connectivity index (χ0n) is 17.5. The number of amides is 1. The van der Waals surface area contributed by atoms with Crippen molar-refractivity contribution in [1.82, 2.24) is 5.32 Å². The summed E-state index contributed by atoms with van der Waals surface area (Å²) in [7, 11) is 1.28. The van der Waals surface area contributed by atoms with Gasteiger partial charge in [-0.25, -0.2) is 0 Å². The summed E-state index contributed by atoms with van der Waals surface area (Å²) in [4.78, 5) is 36.4. The third-order valence-corrected chi connectivity index (χ3v) is 4.94. The van der Waals surface area contributed by atoms with E-state index in [2.05, 4.69) is 5.32 Å². The van der Waals surface area contributed by atoms with Gasteiger partial charge in [-0.05, 0) is 19.4 Å². The molecule has 1 N–H and O–H groups in total. The van der Waals surface area contributed by atoms with Gasteiger partial charge in [-0.1, -0.05) is 30.3 Å². The topological polar surface area (TPSA) is 109 Å². The van der Waals surface area contributed by atoms with E-state index in [9.17, 15) is 14.4 Å². The number of methoxy groups -OCH3 is 1. The second kappa shape index (κ2) is 9.11. The summed E-state index contributed by atoms with van der Waals surface area (Å²) in [6.45, 7) is 4.93. The molecule has 0 aromatic heterocycles. The first kappa shape index (κ1) is 22.2. The molecule has 9 nitrogen and oxygen atoms in total. The maximum atomic E-state index is 12.9. The second-order valence-corrected chi connectivity index (χ2v) is 7.72. The largest absolute Gasteiger partial charge is 0.469 e. The van der Waals surface area contributed by atoms with E-state index in [1.54, 1.807) is 13.8 Å². The SMILES string of the molecule is COC(=O)C[C@@H]1O[C@H](C(OC(C)=O)C(=O)NCc2ccccc2)[C@H]2OC(C)(C)O[C@H]21. The van der Waals surface area contributed by atoms with Crippen LogP contribution in [0.5, 0.6) is 0 Å². The number of esters is 2. The molecule has 0 saturated carbocycles. The number of rotatable bonds is 7. The molecule has 2 aliphatic heterocycles. The van der Waals surface area contributed by atoms with Gasteiger partial charge < -0.3 is 29.0 Å². The summed E-state index contributed by atoms with van der Waals surface area (Å²) in [6.07, 6.45) is -4.28.